The third-order valence-corrected chi connectivity index (χ3v) is 1.57. The number of ether oxygens (including phenoxy) is 1. The molecule has 0 atom stereocenters. The van der Waals surface area contributed by atoms with Crippen molar-refractivity contribution in [1.29, 1.82) is 0 Å². The number of amides is 1. The SMILES string of the molecule is COC(=O)N1CCC#CCC1. The molecule has 1 aliphatic heterocycles. The summed E-state index contributed by atoms with van der Waals surface area (Å²) in [6.07, 6.45) is 1.26. The van der Waals surface area contributed by atoms with Gasteiger partial charge in [-0.05, 0) is 0 Å². The van der Waals surface area contributed by atoms with Gasteiger partial charge in [0.05, 0.1) is 7.11 Å². The van der Waals surface area contributed by atoms with Crippen molar-refractivity contribution in [1.82, 2.24) is 4.90 Å². The Bertz CT molecular complexity index is 190. The average molecular weight is 153 g/mol. The minimum Gasteiger partial charge on any atom is -0.453 e. The molecule has 0 unspecified atom stereocenters. The molecule has 11 heavy (non-hydrogen) atoms. The quantitative estimate of drug-likeness (QED) is 0.483. The fraction of sp³-hybridized carbons (Fsp3) is 0.625. The van der Waals surface area contributed by atoms with Gasteiger partial charge in [-0.15, -0.1) is 11.8 Å². The van der Waals surface area contributed by atoms with Crippen LogP contribution in [0.4, 0.5) is 4.79 Å². The molecule has 0 N–H and O–H groups in total. The maximum Gasteiger partial charge on any atom is 0.409 e. The standard InChI is InChI=1S/C8H11NO2/c1-11-8(10)9-6-4-2-3-5-7-9/h4-7H2,1H3. The normalized spacial score (nSPS) is 16.3. The van der Waals surface area contributed by atoms with Crippen molar-refractivity contribution in [3.05, 3.63) is 0 Å². The summed E-state index contributed by atoms with van der Waals surface area (Å²) >= 11 is 0. The van der Waals surface area contributed by atoms with Crippen LogP contribution in [-0.4, -0.2) is 31.2 Å². The lowest BCUT2D eigenvalue weighted by Crippen LogP contribution is -2.31. The van der Waals surface area contributed by atoms with Crippen LogP contribution in [0.2, 0.25) is 0 Å². The molecule has 60 valence electrons. The van der Waals surface area contributed by atoms with Crippen molar-refractivity contribution >= 4 is 6.09 Å². The van der Waals surface area contributed by atoms with E-state index in [4.69, 9.17) is 0 Å². The third kappa shape index (κ3) is 2.15. The second-order valence-electron chi connectivity index (χ2n) is 2.31. The van der Waals surface area contributed by atoms with Crippen molar-refractivity contribution in [2.24, 2.45) is 0 Å². The summed E-state index contributed by atoms with van der Waals surface area (Å²) in [7, 11) is 1.40. The molecule has 0 aromatic carbocycles. The van der Waals surface area contributed by atoms with Gasteiger partial charge in [0, 0.05) is 25.9 Å². The first-order valence-electron chi connectivity index (χ1n) is 3.63. The Labute approximate surface area is 66.3 Å². The number of hydrogen-bond acceptors (Lipinski definition) is 2. The van der Waals surface area contributed by atoms with E-state index >= 15 is 0 Å². The molecule has 0 fully saturated rings. The molecule has 3 heteroatoms. The Kier molecular flexibility index (Phi) is 2.79. The molecule has 1 heterocycles. The van der Waals surface area contributed by atoms with Crippen molar-refractivity contribution in [3.8, 4) is 11.8 Å². The van der Waals surface area contributed by atoms with E-state index in [0.717, 1.165) is 12.8 Å². The maximum atomic E-state index is 11.0. The van der Waals surface area contributed by atoms with Gasteiger partial charge in [-0.2, -0.15) is 0 Å². The average Bonchev–Trinajstić information content (AvgIpc) is 2.30. The largest absolute Gasteiger partial charge is 0.453 e. The van der Waals surface area contributed by atoms with Gasteiger partial charge in [-0.1, -0.05) is 0 Å². The number of nitrogens with zero attached hydrogens (tertiary/aromatic N) is 1. The molecule has 0 aliphatic carbocycles. The number of methoxy groups -OCH3 is 1. The van der Waals surface area contributed by atoms with E-state index in [0.29, 0.717) is 13.1 Å². The highest BCUT2D eigenvalue weighted by Crippen LogP contribution is 1.99. The lowest BCUT2D eigenvalue weighted by Gasteiger charge is -2.17. The summed E-state index contributed by atoms with van der Waals surface area (Å²) in [4.78, 5) is 12.6. The smallest absolute Gasteiger partial charge is 0.409 e. The zero-order valence-electron chi connectivity index (χ0n) is 6.59. The first kappa shape index (κ1) is 7.93. The van der Waals surface area contributed by atoms with Crippen LogP contribution in [0.5, 0.6) is 0 Å². The van der Waals surface area contributed by atoms with Gasteiger partial charge in [-0.25, -0.2) is 4.79 Å². The van der Waals surface area contributed by atoms with Crippen LogP contribution >= 0.6 is 0 Å². The van der Waals surface area contributed by atoms with Crippen molar-refractivity contribution in [3.63, 3.8) is 0 Å². The highest BCUT2D eigenvalue weighted by Gasteiger charge is 2.12. The molecule has 3 nitrogen and oxygen atoms in total. The Morgan fingerprint density at radius 3 is 2.36 bits per heavy atom. The van der Waals surface area contributed by atoms with E-state index in [2.05, 4.69) is 16.6 Å². The van der Waals surface area contributed by atoms with Crippen LogP contribution in [0.15, 0.2) is 0 Å². The van der Waals surface area contributed by atoms with E-state index in [1.54, 1.807) is 4.90 Å². The lowest BCUT2D eigenvalue weighted by atomic mass is 10.4. The molecular weight excluding hydrogens is 142 g/mol. The Morgan fingerprint density at radius 1 is 1.36 bits per heavy atom. The molecule has 0 radical (unpaired) electrons. The minimum atomic E-state index is -0.254. The van der Waals surface area contributed by atoms with Gasteiger partial charge in [0.25, 0.3) is 0 Å². The molecule has 1 amide bonds. The maximum absolute atomic E-state index is 11.0. The third-order valence-electron chi connectivity index (χ3n) is 1.57. The zero-order valence-corrected chi connectivity index (χ0v) is 6.59. The summed E-state index contributed by atoms with van der Waals surface area (Å²) in [6.45, 7) is 1.39. The molecular formula is C8H11NO2. The van der Waals surface area contributed by atoms with Crippen LogP contribution in [0, 0.1) is 11.8 Å². The van der Waals surface area contributed by atoms with Crippen LogP contribution in [0.1, 0.15) is 12.8 Å². The Hall–Kier alpha value is -1.17. The summed E-state index contributed by atoms with van der Waals surface area (Å²) in [5.74, 6) is 5.91. The molecule has 1 aliphatic rings. The summed E-state index contributed by atoms with van der Waals surface area (Å²) in [5, 5.41) is 0. The van der Waals surface area contributed by atoms with Gasteiger partial charge < -0.3 is 9.64 Å². The topological polar surface area (TPSA) is 29.5 Å². The molecule has 0 spiro atoms. The fourth-order valence-electron chi connectivity index (χ4n) is 0.982. The van der Waals surface area contributed by atoms with Gasteiger partial charge in [0.2, 0.25) is 0 Å². The molecule has 1 rings (SSSR count). The van der Waals surface area contributed by atoms with E-state index in [1.165, 1.54) is 7.11 Å². The molecule has 0 saturated carbocycles. The Balaban J connectivity index is 2.42. The highest BCUT2D eigenvalue weighted by molar-refractivity contribution is 5.67. The van der Waals surface area contributed by atoms with E-state index in [-0.39, 0.29) is 6.09 Å². The van der Waals surface area contributed by atoms with E-state index in [1.807, 2.05) is 0 Å². The number of carbonyl (C=O) groups excluding carboxylic acids is 1. The molecule has 0 aromatic rings. The summed E-state index contributed by atoms with van der Waals surface area (Å²) < 4.78 is 4.58. The van der Waals surface area contributed by atoms with Gasteiger partial charge >= 0.3 is 6.09 Å². The van der Waals surface area contributed by atoms with Crippen molar-refractivity contribution in [2.45, 2.75) is 12.8 Å². The fourth-order valence-corrected chi connectivity index (χ4v) is 0.982. The van der Waals surface area contributed by atoms with Crippen LogP contribution in [-0.2, 0) is 4.74 Å². The molecule has 0 saturated heterocycles. The van der Waals surface area contributed by atoms with Gasteiger partial charge in [0.15, 0.2) is 0 Å². The Morgan fingerprint density at radius 2 is 1.91 bits per heavy atom. The number of hydrogen-bond donors (Lipinski definition) is 0. The first-order chi connectivity index (χ1) is 5.34. The number of rotatable bonds is 0. The predicted octanol–water partition coefficient (Wildman–Crippen LogP) is 0.852. The molecule has 0 bridgehead atoms. The minimum absolute atomic E-state index is 0.254. The molecule has 0 aromatic heterocycles. The van der Waals surface area contributed by atoms with Gasteiger partial charge in [0.1, 0.15) is 0 Å². The number of carbonyl (C=O) groups is 1. The second kappa shape index (κ2) is 3.87. The van der Waals surface area contributed by atoms with Crippen molar-refractivity contribution < 1.29 is 9.53 Å². The highest BCUT2D eigenvalue weighted by atomic mass is 16.5. The van der Waals surface area contributed by atoms with Crippen molar-refractivity contribution in [2.75, 3.05) is 20.2 Å². The summed E-state index contributed by atoms with van der Waals surface area (Å²) in [6, 6.07) is 0. The van der Waals surface area contributed by atoms with E-state index in [9.17, 15) is 4.79 Å². The second-order valence-corrected chi connectivity index (χ2v) is 2.31. The first-order valence-corrected chi connectivity index (χ1v) is 3.63. The van der Waals surface area contributed by atoms with Gasteiger partial charge in [-0.3, -0.25) is 0 Å². The zero-order chi connectivity index (χ0) is 8.10. The van der Waals surface area contributed by atoms with Crippen LogP contribution < -0.4 is 0 Å². The van der Waals surface area contributed by atoms with Crippen LogP contribution in [0.25, 0.3) is 0 Å². The predicted molar refractivity (Wildman–Crippen MR) is 41.0 cm³/mol. The van der Waals surface area contributed by atoms with Crippen LogP contribution in [0.3, 0.4) is 0 Å². The monoisotopic (exact) mass is 153 g/mol. The summed E-state index contributed by atoms with van der Waals surface area (Å²) in [5.41, 5.74) is 0. The van der Waals surface area contributed by atoms with E-state index < -0.39 is 0 Å². The lowest BCUT2D eigenvalue weighted by molar-refractivity contribution is 0.126.